The molecule has 0 radical (unpaired) electrons. The van der Waals surface area contributed by atoms with Gasteiger partial charge in [0.15, 0.2) is 6.61 Å². The van der Waals surface area contributed by atoms with Gasteiger partial charge in [0.05, 0.1) is 24.5 Å². The van der Waals surface area contributed by atoms with Crippen LogP contribution in [0.25, 0.3) is 0 Å². The van der Waals surface area contributed by atoms with Gasteiger partial charge in [-0.1, -0.05) is 6.07 Å². The summed E-state index contributed by atoms with van der Waals surface area (Å²) in [5.74, 6) is 0.163. The Morgan fingerprint density at radius 2 is 1.97 bits per heavy atom. The summed E-state index contributed by atoms with van der Waals surface area (Å²) in [6.07, 6.45) is 2.19. The highest BCUT2D eigenvalue weighted by Crippen LogP contribution is 2.25. The van der Waals surface area contributed by atoms with Gasteiger partial charge in [-0.05, 0) is 61.7 Å². The van der Waals surface area contributed by atoms with E-state index in [4.69, 9.17) is 18.9 Å². The fraction of sp³-hybridized carbons (Fsp3) is 0.364. The number of methoxy groups -OCH3 is 1. The second kappa shape index (κ2) is 9.93. The van der Waals surface area contributed by atoms with E-state index < -0.39 is 18.5 Å². The number of esters is 1. The van der Waals surface area contributed by atoms with Crippen molar-refractivity contribution in [3.05, 3.63) is 53.6 Å². The minimum atomic E-state index is -0.581. The first kappa shape index (κ1) is 20.7. The van der Waals surface area contributed by atoms with Crippen molar-refractivity contribution >= 4 is 17.6 Å². The zero-order valence-electron chi connectivity index (χ0n) is 16.6. The van der Waals surface area contributed by atoms with Gasteiger partial charge in [0.2, 0.25) is 0 Å². The van der Waals surface area contributed by atoms with E-state index in [0.29, 0.717) is 29.4 Å². The van der Waals surface area contributed by atoms with E-state index in [0.717, 1.165) is 25.0 Å². The Labute approximate surface area is 169 Å². The van der Waals surface area contributed by atoms with Crippen LogP contribution in [0, 0.1) is 6.92 Å². The molecule has 1 saturated heterocycles. The highest BCUT2D eigenvalue weighted by atomic mass is 16.5. The van der Waals surface area contributed by atoms with Crippen molar-refractivity contribution in [1.82, 2.24) is 0 Å². The van der Waals surface area contributed by atoms with Crippen molar-refractivity contribution in [3.8, 4) is 11.5 Å². The van der Waals surface area contributed by atoms with Crippen molar-refractivity contribution in [1.29, 1.82) is 0 Å². The van der Waals surface area contributed by atoms with Crippen LogP contribution < -0.4 is 14.8 Å². The lowest BCUT2D eigenvalue weighted by Crippen LogP contribution is -2.21. The van der Waals surface area contributed by atoms with Crippen LogP contribution in [0.15, 0.2) is 42.5 Å². The summed E-state index contributed by atoms with van der Waals surface area (Å²) in [5, 5.41) is 2.69. The molecule has 1 heterocycles. The lowest BCUT2D eigenvalue weighted by molar-refractivity contribution is -0.119. The monoisotopic (exact) mass is 399 g/mol. The SMILES string of the molecule is COc1ccc(C)cc1NC(=O)COC(=O)c1ccc(OC[C@H]2CCCO2)cc1. The quantitative estimate of drug-likeness (QED) is 0.686. The second-order valence-corrected chi connectivity index (χ2v) is 6.80. The van der Waals surface area contributed by atoms with E-state index in [-0.39, 0.29) is 6.10 Å². The molecule has 0 aliphatic carbocycles. The van der Waals surface area contributed by atoms with Crippen molar-refractivity contribution in [2.45, 2.75) is 25.9 Å². The van der Waals surface area contributed by atoms with Gasteiger partial charge in [0.1, 0.15) is 18.1 Å². The van der Waals surface area contributed by atoms with E-state index in [2.05, 4.69) is 5.32 Å². The van der Waals surface area contributed by atoms with Gasteiger partial charge in [-0.25, -0.2) is 4.79 Å². The molecule has 1 atom stereocenters. The molecule has 29 heavy (non-hydrogen) atoms. The highest BCUT2D eigenvalue weighted by molar-refractivity contribution is 5.96. The molecule has 2 aromatic rings. The molecule has 0 bridgehead atoms. The maximum absolute atomic E-state index is 12.2. The molecule has 1 aliphatic heterocycles. The maximum Gasteiger partial charge on any atom is 0.338 e. The number of benzene rings is 2. The van der Waals surface area contributed by atoms with Crippen LogP contribution in [0.4, 0.5) is 5.69 Å². The normalized spacial score (nSPS) is 15.6. The molecule has 154 valence electrons. The first-order chi connectivity index (χ1) is 14.0. The van der Waals surface area contributed by atoms with Gasteiger partial charge in [-0.3, -0.25) is 4.79 Å². The topological polar surface area (TPSA) is 83.1 Å². The van der Waals surface area contributed by atoms with Crippen molar-refractivity contribution < 1.29 is 28.5 Å². The molecular weight excluding hydrogens is 374 g/mol. The van der Waals surface area contributed by atoms with Gasteiger partial charge >= 0.3 is 5.97 Å². The van der Waals surface area contributed by atoms with Gasteiger partial charge in [-0.2, -0.15) is 0 Å². The van der Waals surface area contributed by atoms with Gasteiger partial charge < -0.3 is 24.3 Å². The molecule has 7 heteroatoms. The number of carbonyl (C=O) groups excluding carboxylic acids is 2. The Morgan fingerprint density at radius 3 is 2.66 bits per heavy atom. The van der Waals surface area contributed by atoms with Crippen LogP contribution in [-0.2, 0) is 14.3 Å². The standard InChI is InChI=1S/C22H25NO6/c1-15-5-10-20(26-2)19(12-15)23-21(24)14-29-22(25)16-6-8-17(9-7-16)28-13-18-4-3-11-27-18/h5-10,12,18H,3-4,11,13-14H2,1-2H3,(H,23,24)/t18-/m1/s1. The van der Waals surface area contributed by atoms with E-state index in [1.807, 2.05) is 13.0 Å². The van der Waals surface area contributed by atoms with Gasteiger partial charge in [0.25, 0.3) is 5.91 Å². The smallest absolute Gasteiger partial charge is 0.338 e. The Bertz CT molecular complexity index is 843. The fourth-order valence-corrected chi connectivity index (χ4v) is 2.97. The van der Waals surface area contributed by atoms with E-state index in [1.54, 1.807) is 36.4 Å². The maximum atomic E-state index is 12.2. The number of hydrogen-bond donors (Lipinski definition) is 1. The molecule has 0 spiro atoms. The number of aryl methyl sites for hydroxylation is 1. The van der Waals surface area contributed by atoms with Crippen molar-refractivity contribution in [2.24, 2.45) is 0 Å². The van der Waals surface area contributed by atoms with Gasteiger partial charge in [0, 0.05) is 6.61 Å². The molecular formula is C22H25NO6. The molecule has 1 N–H and O–H groups in total. The number of ether oxygens (including phenoxy) is 4. The number of amides is 1. The third kappa shape index (κ3) is 5.96. The summed E-state index contributed by atoms with van der Waals surface area (Å²) in [6.45, 7) is 2.78. The Hall–Kier alpha value is -3.06. The zero-order valence-corrected chi connectivity index (χ0v) is 16.6. The van der Waals surface area contributed by atoms with Crippen LogP contribution in [0.2, 0.25) is 0 Å². The van der Waals surface area contributed by atoms with Crippen LogP contribution in [-0.4, -0.2) is 44.9 Å². The zero-order chi connectivity index (χ0) is 20.6. The minimum absolute atomic E-state index is 0.130. The molecule has 1 fully saturated rings. The molecule has 0 unspecified atom stereocenters. The average molecular weight is 399 g/mol. The Morgan fingerprint density at radius 1 is 1.17 bits per heavy atom. The van der Waals surface area contributed by atoms with Crippen LogP contribution in [0.3, 0.4) is 0 Å². The first-order valence-corrected chi connectivity index (χ1v) is 9.51. The molecule has 0 aromatic heterocycles. The summed E-state index contributed by atoms with van der Waals surface area (Å²) in [4.78, 5) is 24.3. The second-order valence-electron chi connectivity index (χ2n) is 6.80. The Balaban J connectivity index is 1.47. The van der Waals surface area contributed by atoms with E-state index in [9.17, 15) is 9.59 Å². The fourth-order valence-electron chi connectivity index (χ4n) is 2.97. The predicted molar refractivity (Wildman–Crippen MR) is 108 cm³/mol. The number of nitrogens with one attached hydrogen (secondary N) is 1. The van der Waals surface area contributed by atoms with Gasteiger partial charge in [-0.15, -0.1) is 0 Å². The summed E-state index contributed by atoms with van der Waals surface area (Å²) in [5.41, 5.74) is 1.84. The summed E-state index contributed by atoms with van der Waals surface area (Å²) >= 11 is 0. The number of anilines is 1. The molecule has 7 nitrogen and oxygen atoms in total. The number of carbonyl (C=O) groups is 2. The summed E-state index contributed by atoms with van der Waals surface area (Å²) in [7, 11) is 1.52. The van der Waals surface area contributed by atoms with Crippen LogP contribution in [0.1, 0.15) is 28.8 Å². The largest absolute Gasteiger partial charge is 0.495 e. The molecule has 2 aromatic carbocycles. The Kier molecular flexibility index (Phi) is 7.08. The molecule has 1 amide bonds. The molecule has 3 rings (SSSR count). The third-order valence-corrected chi connectivity index (χ3v) is 4.51. The van der Waals surface area contributed by atoms with E-state index >= 15 is 0 Å². The lowest BCUT2D eigenvalue weighted by atomic mass is 10.2. The number of rotatable bonds is 8. The highest BCUT2D eigenvalue weighted by Gasteiger charge is 2.16. The predicted octanol–water partition coefficient (Wildman–Crippen LogP) is 3.36. The van der Waals surface area contributed by atoms with E-state index in [1.165, 1.54) is 7.11 Å². The number of hydrogen-bond acceptors (Lipinski definition) is 6. The molecule has 1 aliphatic rings. The van der Waals surface area contributed by atoms with Crippen molar-refractivity contribution in [2.75, 3.05) is 32.2 Å². The summed E-state index contributed by atoms with van der Waals surface area (Å²) in [6, 6.07) is 12.0. The van der Waals surface area contributed by atoms with Crippen molar-refractivity contribution in [3.63, 3.8) is 0 Å². The van der Waals surface area contributed by atoms with Crippen LogP contribution >= 0.6 is 0 Å². The first-order valence-electron chi connectivity index (χ1n) is 9.51. The minimum Gasteiger partial charge on any atom is -0.495 e. The lowest BCUT2D eigenvalue weighted by Gasteiger charge is -2.12. The third-order valence-electron chi connectivity index (χ3n) is 4.51. The summed E-state index contributed by atoms with van der Waals surface area (Å²) < 4.78 is 21.5. The van der Waals surface area contributed by atoms with Crippen LogP contribution in [0.5, 0.6) is 11.5 Å². The average Bonchev–Trinajstić information content (AvgIpc) is 3.25. The molecule has 0 saturated carbocycles.